The van der Waals surface area contributed by atoms with E-state index in [2.05, 4.69) is 20.1 Å². The van der Waals surface area contributed by atoms with Crippen molar-refractivity contribution >= 4 is 24.8 Å². The second-order valence-corrected chi connectivity index (χ2v) is 5.39. The van der Waals surface area contributed by atoms with E-state index in [-0.39, 0.29) is 24.8 Å². The van der Waals surface area contributed by atoms with Gasteiger partial charge in [0.15, 0.2) is 0 Å². The first-order valence-corrected chi connectivity index (χ1v) is 7.08. The number of rotatable bonds is 2. The van der Waals surface area contributed by atoms with E-state index >= 15 is 0 Å². The molecule has 2 aliphatic rings. The van der Waals surface area contributed by atoms with Crippen LogP contribution in [0.3, 0.4) is 0 Å². The van der Waals surface area contributed by atoms with Crippen LogP contribution in [0.5, 0.6) is 0 Å². The number of aromatic nitrogens is 3. The maximum Gasteiger partial charge on any atom is 0.150 e. The summed E-state index contributed by atoms with van der Waals surface area (Å²) in [6, 6.07) is 1.09. The fraction of sp³-hybridized carbons (Fsp3) is 0.846. The van der Waals surface area contributed by atoms with Gasteiger partial charge in [-0.25, -0.2) is 0 Å². The zero-order valence-corrected chi connectivity index (χ0v) is 12.9. The Morgan fingerprint density at radius 3 is 2.37 bits per heavy atom. The molecule has 1 aliphatic heterocycles. The van der Waals surface area contributed by atoms with Crippen molar-refractivity contribution < 1.29 is 0 Å². The summed E-state index contributed by atoms with van der Waals surface area (Å²) in [4.78, 5) is 0. The topological polar surface area (TPSA) is 42.7 Å². The molecule has 0 radical (unpaired) electrons. The third-order valence-electron chi connectivity index (χ3n) is 4.19. The van der Waals surface area contributed by atoms with Gasteiger partial charge in [-0.15, -0.1) is 35.0 Å². The predicted octanol–water partition coefficient (Wildman–Crippen LogP) is 3.44. The third-order valence-corrected chi connectivity index (χ3v) is 4.19. The number of hydrogen-bond acceptors (Lipinski definition) is 3. The van der Waals surface area contributed by atoms with Crippen LogP contribution in [-0.2, 0) is 0 Å². The monoisotopic (exact) mass is 306 g/mol. The van der Waals surface area contributed by atoms with E-state index in [1.54, 1.807) is 0 Å². The van der Waals surface area contributed by atoms with Crippen LogP contribution in [0.2, 0.25) is 0 Å². The molecular weight excluding hydrogens is 283 g/mol. The Labute approximate surface area is 127 Å². The van der Waals surface area contributed by atoms with Gasteiger partial charge in [-0.3, -0.25) is 0 Å². The van der Waals surface area contributed by atoms with Gasteiger partial charge in [0, 0.05) is 6.04 Å². The summed E-state index contributed by atoms with van der Waals surface area (Å²) in [7, 11) is 0. The van der Waals surface area contributed by atoms with Crippen molar-refractivity contribution in [3.8, 4) is 0 Å². The Hall–Kier alpha value is -0.320. The molecule has 1 aromatic heterocycles. The molecule has 6 heteroatoms. The molecule has 1 unspecified atom stereocenters. The van der Waals surface area contributed by atoms with Gasteiger partial charge in [0.25, 0.3) is 0 Å². The Kier molecular flexibility index (Phi) is 7.11. The lowest BCUT2D eigenvalue weighted by Crippen LogP contribution is -2.20. The quantitative estimate of drug-likeness (QED) is 0.851. The van der Waals surface area contributed by atoms with Gasteiger partial charge in [0.05, 0.1) is 6.04 Å². The maximum atomic E-state index is 4.35. The summed E-state index contributed by atoms with van der Waals surface area (Å²) in [5.74, 6) is 1.18. The van der Waals surface area contributed by atoms with Crippen molar-refractivity contribution in [3.63, 3.8) is 0 Å². The molecule has 3 rings (SSSR count). The maximum absolute atomic E-state index is 4.35. The van der Waals surface area contributed by atoms with Crippen LogP contribution in [0, 0.1) is 0 Å². The van der Waals surface area contributed by atoms with Crippen LogP contribution < -0.4 is 5.32 Å². The Morgan fingerprint density at radius 1 is 1.00 bits per heavy atom. The van der Waals surface area contributed by atoms with Crippen molar-refractivity contribution in [1.29, 1.82) is 0 Å². The molecule has 2 fully saturated rings. The first-order valence-electron chi connectivity index (χ1n) is 7.08. The number of nitrogens with zero attached hydrogens (tertiary/aromatic N) is 3. The highest BCUT2D eigenvalue weighted by Gasteiger charge is 2.25. The normalized spacial score (nSPS) is 24.3. The molecule has 0 amide bonds. The molecule has 1 saturated carbocycles. The minimum Gasteiger partial charge on any atom is -0.313 e. The van der Waals surface area contributed by atoms with E-state index in [4.69, 9.17) is 0 Å². The number of hydrogen-bond donors (Lipinski definition) is 1. The summed E-state index contributed by atoms with van der Waals surface area (Å²) in [5, 5.41) is 12.0. The molecule has 1 aliphatic carbocycles. The summed E-state index contributed by atoms with van der Waals surface area (Å²) in [6.45, 7) is 1.13. The van der Waals surface area contributed by atoms with Gasteiger partial charge < -0.3 is 9.88 Å². The first kappa shape index (κ1) is 16.7. The molecule has 2 heterocycles. The Balaban J connectivity index is 0.000000902. The number of nitrogens with one attached hydrogen (secondary N) is 1. The van der Waals surface area contributed by atoms with Gasteiger partial charge in [-0.2, -0.15) is 0 Å². The van der Waals surface area contributed by atoms with E-state index in [9.17, 15) is 0 Å². The molecule has 1 aromatic rings. The van der Waals surface area contributed by atoms with E-state index in [1.807, 2.05) is 6.33 Å². The fourth-order valence-corrected chi connectivity index (χ4v) is 3.22. The molecule has 4 nitrogen and oxygen atoms in total. The van der Waals surface area contributed by atoms with Crippen LogP contribution in [0.1, 0.15) is 69.3 Å². The fourth-order valence-electron chi connectivity index (χ4n) is 3.22. The molecule has 0 aromatic carbocycles. The van der Waals surface area contributed by atoms with Crippen molar-refractivity contribution in [2.75, 3.05) is 6.54 Å². The molecular formula is C13H24Cl2N4. The molecule has 1 saturated heterocycles. The van der Waals surface area contributed by atoms with Crippen LogP contribution in [0.15, 0.2) is 6.33 Å². The number of halogens is 2. The molecule has 0 spiro atoms. The van der Waals surface area contributed by atoms with Crippen molar-refractivity contribution in [2.24, 2.45) is 0 Å². The average Bonchev–Trinajstić information content (AvgIpc) is 2.95. The Morgan fingerprint density at radius 2 is 1.74 bits per heavy atom. The van der Waals surface area contributed by atoms with Gasteiger partial charge in [-0.05, 0) is 32.2 Å². The van der Waals surface area contributed by atoms with E-state index in [0.717, 1.165) is 6.54 Å². The van der Waals surface area contributed by atoms with Gasteiger partial charge in [-0.1, -0.05) is 25.7 Å². The van der Waals surface area contributed by atoms with Crippen LogP contribution in [0.4, 0.5) is 0 Å². The van der Waals surface area contributed by atoms with Gasteiger partial charge in [0.1, 0.15) is 12.2 Å². The minimum atomic E-state index is 0. The first-order chi connectivity index (χ1) is 8.45. The summed E-state index contributed by atoms with van der Waals surface area (Å²) < 4.78 is 2.36. The standard InChI is InChI=1S/C13H22N4.2ClH/c1-2-4-7-11(6-3-1)17-10-15-16-13(17)12-8-5-9-14-12;;/h10-12,14H,1-9H2;2*1H. The lowest BCUT2D eigenvalue weighted by Gasteiger charge is -2.20. The second kappa shape index (κ2) is 8.08. The second-order valence-electron chi connectivity index (χ2n) is 5.39. The van der Waals surface area contributed by atoms with E-state index in [0.29, 0.717) is 12.1 Å². The Bertz CT molecular complexity index is 355. The predicted molar refractivity (Wildman–Crippen MR) is 81.2 cm³/mol. The third kappa shape index (κ3) is 3.83. The largest absolute Gasteiger partial charge is 0.313 e. The van der Waals surface area contributed by atoms with E-state index in [1.165, 1.54) is 57.2 Å². The highest BCUT2D eigenvalue weighted by molar-refractivity contribution is 5.85. The summed E-state index contributed by atoms with van der Waals surface area (Å²) >= 11 is 0. The highest BCUT2D eigenvalue weighted by atomic mass is 35.5. The smallest absolute Gasteiger partial charge is 0.150 e. The molecule has 110 valence electrons. The van der Waals surface area contributed by atoms with Crippen molar-refractivity contribution in [1.82, 2.24) is 20.1 Å². The van der Waals surface area contributed by atoms with Crippen LogP contribution in [0.25, 0.3) is 0 Å². The lowest BCUT2D eigenvalue weighted by molar-refractivity contribution is 0.411. The molecule has 1 atom stereocenters. The van der Waals surface area contributed by atoms with Gasteiger partial charge >= 0.3 is 0 Å². The van der Waals surface area contributed by atoms with Crippen LogP contribution in [-0.4, -0.2) is 21.3 Å². The van der Waals surface area contributed by atoms with Crippen LogP contribution >= 0.6 is 24.8 Å². The highest BCUT2D eigenvalue weighted by Crippen LogP contribution is 2.30. The van der Waals surface area contributed by atoms with Crippen molar-refractivity contribution in [3.05, 3.63) is 12.2 Å². The molecule has 19 heavy (non-hydrogen) atoms. The average molecular weight is 307 g/mol. The zero-order valence-electron chi connectivity index (χ0n) is 11.3. The molecule has 1 N–H and O–H groups in total. The lowest BCUT2D eigenvalue weighted by atomic mass is 10.1. The summed E-state index contributed by atoms with van der Waals surface area (Å²) in [6.07, 6.45) is 12.6. The van der Waals surface area contributed by atoms with Crippen molar-refractivity contribution in [2.45, 2.75) is 63.5 Å². The van der Waals surface area contributed by atoms with E-state index < -0.39 is 0 Å². The summed E-state index contributed by atoms with van der Waals surface area (Å²) in [5.41, 5.74) is 0. The van der Waals surface area contributed by atoms with Gasteiger partial charge in [0.2, 0.25) is 0 Å². The SMILES string of the molecule is Cl.Cl.c1nnc(C2CCCN2)n1C1CCCCCC1. The molecule has 0 bridgehead atoms. The zero-order chi connectivity index (χ0) is 11.5. The minimum absolute atomic E-state index is 0.